The van der Waals surface area contributed by atoms with Crippen LogP contribution in [0.25, 0.3) is 0 Å². The van der Waals surface area contributed by atoms with Crippen molar-refractivity contribution in [1.29, 1.82) is 0 Å². The van der Waals surface area contributed by atoms with Gasteiger partial charge in [-0.25, -0.2) is 4.79 Å². The third kappa shape index (κ3) is 3.46. The summed E-state index contributed by atoms with van der Waals surface area (Å²) >= 11 is 6.07. The van der Waals surface area contributed by atoms with Gasteiger partial charge in [0.2, 0.25) is 0 Å². The molecule has 112 valence electrons. The zero-order valence-electron chi connectivity index (χ0n) is 11.7. The van der Waals surface area contributed by atoms with Gasteiger partial charge in [-0.05, 0) is 19.1 Å². The van der Waals surface area contributed by atoms with Crippen LogP contribution in [-0.4, -0.2) is 28.0 Å². The van der Waals surface area contributed by atoms with Crippen LogP contribution in [0.3, 0.4) is 0 Å². The molecule has 0 fully saturated rings. The van der Waals surface area contributed by atoms with Crippen molar-refractivity contribution in [2.75, 3.05) is 7.11 Å². The molecule has 6 nitrogen and oxygen atoms in total. The average molecular weight is 311 g/mol. The zero-order valence-corrected chi connectivity index (χ0v) is 12.4. The molecule has 0 radical (unpaired) electrons. The Labute approximate surface area is 126 Å². The molecule has 1 heterocycles. The van der Waals surface area contributed by atoms with Crippen LogP contribution in [0.4, 0.5) is 0 Å². The number of hydrogen-bond acceptors (Lipinski definition) is 4. The van der Waals surface area contributed by atoms with Crippen LogP contribution in [0.1, 0.15) is 22.8 Å². The van der Waals surface area contributed by atoms with E-state index in [2.05, 4.69) is 5.10 Å². The molecule has 2 rings (SSSR count). The van der Waals surface area contributed by atoms with Crippen molar-refractivity contribution in [3.8, 4) is 11.5 Å². The first kappa shape index (κ1) is 15.2. The quantitative estimate of drug-likeness (QED) is 0.888. The molecule has 0 unspecified atom stereocenters. The van der Waals surface area contributed by atoms with Crippen LogP contribution in [0, 0.1) is 0 Å². The van der Waals surface area contributed by atoms with Crippen molar-refractivity contribution in [2.45, 2.75) is 20.1 Å². The van der Waals surface area contributed by atoms with Crippen molar-refractivity contribution >= 4 is 17.6 Å². The number of methoxy groups -OCH3 is 1. The molecule has 0 spiro atoms. The number of carboxylic acids is 1. The van der Waals surface area contributed by atoms with Gasteiger partial charge >= 0.3 is 5.97 Å². The molecule has 0 aliphatic rings. The molecule has 0 aliphatic carbocycles. The number of aromatic carboxylic acids is 1. The maximum absolute atomic E-state index is 11.0. The van der Waals surface area contributed by atoms with Crippen LogP contribution in [0.15, 0.2) is 24.5 Å². The van der Waals surface area contributed by atoms with Crippen molar-refractivity contribution in [3.63, 3.8) is 0 Å². The van der Waals surface area contributed by atoms with Crippen molar-refractivity contribution in [2.24, 2.45) is 0 Å². The Morgan fingerprint density at radius 1 is 1.48 bits per heavy atom. The van der Waals surface area contributed by atoms with E-state index in [-0.39, 0.29) is 22.9 Å². The van der Waals surface area contributed by atoms with Gasteiger partial charge in [0, 0.05) is 18.3 Å². The lowest BCUT2D eigenvalue weighted by molar-refractivity contribution is 0.0696. The minimum atomic E-state index is -1.08. The van der Waals surface area contributed by atoms with Crippen LogP contribution >= 0.6 is 11.6 Å². The Morgan fingerprint density at radius 3 is 2.81 bits per heavy atom. The fourth-order valence-electron chi connectivity index (χ4n) is 1.79. The van der Waals surface area contributed by atoms with E-state index in [1.165, 1.54) is 19.2 Å². The minimum Gasteiger partial charge on any atom is -0.493 e. The average Bonchev–Trinajstić information content (AvgIpc) is 2.93. The number of benzene rings is 1. The Hall–Kier alpha value is -2.21. The normalized spacial score (nSPS) is 10.4. The predicted molar refractivity (Wildman–Crippen MR) is 77.2 cm³/mol. The molecule has 7 heteroatoms. The Bertz CT molecular complexity index is 654. The van der Waals surface area contributed by atoms with E-state index in [1.54, 1.807) is 10.9 Å². The second kappa shape index (κ2) is 6.49. The number of nitrogens with zero attached hydrogens (tertiary/aromatic N) is 2. The Morgan fingerprint density at radius 2 is 2.24 bits per heavy atom. The lowest BCUT2D eigenvalue weighted by Crippen LogP contribution is -2.02. The molecule has 21 heavy (non-hydrogen) atoms. The zero-order chi connectivity index (χ0) is 15.4. The summed E-state index contributed by atoms with van der Waals surface area (Å²) < 4.78 is 12.6. The Kier molecular flexibility index (Phi) is 4.70. The van der Waals surface area contributed by atoms with E-state index in [0.717, 1.165) is 12.1 Å². The van der Waals surface area contributed by atoms with Gasteiger partial charge in [0.05, 0.1) is 23.9 Å². The van der Waals surface area contributed by atoms with E-state index in [1.807, 2.05) is 13.1 Å². The van der Waals surface area contributed by atoms with E-state index in [9.17, 15) is 4.79 Å². The smallest absolute Gasteiger partial charge is 0.335 e. The topological polar surface area (TPSA) is 73.6 Å². The number of carboxylic acid groups (broad SMARTS) is 1. The van der Waals surface area contributed by atoms with Gasteiger partial charge in [0.15, 0.2) is 11.5 Å². The van der Waals surface area contributed by atoms with Crippen molar-refractivity contribution < 1.29 is 19.4 Å². The lowest BCUT2D eigenvalue weighted by Gasteiger charge is -2.12. The number of aryl methyl sites for hydroxylation is 1. The van der Waals surface area contributed by atoms with E-state index < -0.39 is 5.97 Å². The minimum absolute atomic E-state index is 0.0444. The van der Waals surface area contributed by atoms with Crippen molar-refractivity contribution in [3.05, 3.63) is 40.7 Å². The lowest BCUT2D eigenvalue weighted by atomic mass is 10.2. The van der Waals surface area contributed by atoms with Gasteiger partial charge in [-0.1, -0.05) is 11.6 Å². The van der Waals surface area contributed by atoms with Crippen LogP contribution in [-0.2, 0) is 13.2 Å². The second-order valence-corrected chi connectivity index (χ2v) is 4.69. The first-order valence-corrected chi connectivity index (χ1v) is 6.68. The molecule has 0 saturated heterocycles. The van der Waals surface area contributed by atoms with Gasteiger partial charge in [-0.3, -0.25) is 4.68 Å². The summed E-state index contributed by atoms with van der Waals surface area (Å²) in [5.74, 6) is -0.484. The summed E-state index contributed by atoms with van der Waals surface area (Å²) in [5.41, 5.74) is 0.931. The van der Waals surface area contributed by atoms with Crippen LogP contribution < -0.4 is 9.47 Å². The van der Waals surface area contributed by atoms with Gasteiger partial charge in [-0.15, -0.1) is 0 Å². The predicted octanol–water partition coefficient (Wildman–Crippen LogP) is 2.84. The van der Waals surface area contributed by atoms with E-state index in [0.29, 0.717) is 5.75 Å². The molecule has 0 amide bonds. The summed E-state index contributed by atoms with van der Waals surface area (Å²) in [4.78, 5) is 11.0. The van der Waals surface area contributed by atoms with Gasteiger partial charge in [0.25, 0.3) is 0 Å². The number of hydrogen-bond donors (Lipinski definition) is 1. The molecular weight excluding hydrogens is 296 g/mol. The van der Waals surface area contributed by atoms with E-state index in [4.69, 9.17) is 26.2 Å². The third-order valence-electron chi connectivity index (χ3n) is 2.87. The highest BCUT2D eigenvalue weighted by molar-refractivity contribution is 6.32. The highest BCUT2D eigenvalue weighted by Gasteiger charge is 2.15. The van der Waals surface area contributed by atoms with Crippen LogP contribution in [0.5, 0.6) is 11.5 Å². The molecule has 0 atom stereocenters. The summed E-state index contributed by atoms with van der Waals surface area (Å²) in [6.07, 6.45) is 3.57. The highest BCUT2D eigenvalue weighted by Crippen LogP contribution is 2.36. The highest BCUT2D eigenvalue weighted by atomic mass is 35.5. The summed E-state index contributed by atoms with van der Waals surface area (Å²) in [5, 5.41) is 13.3. The molecule has 0 bridgehead atoms. The molecule has 2 aromatic rings. The van der Waals surface area contributed by atoms with Gasteiger partial charge in [0.1, 0.15) is 6.61 Å². The molecule has 1 N–H and O–H groups in total. The maximum atomic E-state index is 11.0. The summed E-state index contributed by atoms with van der Waals surface area (Å²) in [6.45, 7) is 3.03. The fourth-order valence-corrected chi connectivity index (χ4v) is 2.06. The monoisotopic (exact) mass is 310 g/mol. The van der Waals surface area contributed by atoms with Crippen LogP contribution in [0.2, 0.25) is 5.02 Å². The molecule has 1 aromatic heterocycles. The maximum Gasteiger partial charge on any atom is 0.335 e. The molecule has 1 aromatic carbocycles. The number of aromatic nitrogens is 2. The second-order valence-electron chi connectivity index (χ2n) is 4.29. The molecular formula is C14H15ClN2O4. The summed E-state index contributed by atoms with van der Waals surface area (Å²) in [7, 11) is 1.43. The molecule has 0 saturated carbocycles. The number of carbonyl (C=O) groups is 1. The van der Waals surface area contributed by atoms with Gasteiger partial charge < -0.3 is 14.6 Å². The SMILES string of the molecule is CCn1cc(COc2c(Cl)cc(C(=O)O)cc2OC)cn1. The fraction of sp³-hybridized carbons (Fsp3) is 0.286. The largest absolute Gasteiger partial charge is 0.493 e. The summed E-state index contributed by atoms with van der Waals surface area (Å²) in [6, 6.07) is 2.70. The first-order chi connectivity index (χ1) is 10.0. The molecule has 0 aliphatic heterocycles. The van der Waals surface area contributed by atoms with E-state index >= 15 is 0 Å². The number of ether oxygens (including phenoxy) is 2. The van der Waals surface area contributed by atoms with Crippen molar-refractivity contribution in [1.82, 2.24) is 9.78 Å². The van der Waals surface area contributed by atoms with Gasteiger partial charge in [-0.2, -0.15) is 5.10 Å². The third-order valence-corrected chi connectivity index (χ3v) is 3.15. The first-order valence-electron chi connectivity index (χ1n) is 6.30. The standard InChI is InChI=1S/C14H15ClN2O4/c1-3-17-7-9(6-16-17)8-21-13-11(15)4-10(14(18)19)5-12(13)20-2/h4-7H,3,8H2,1-2H3,(H,18,19). The Balaban J connectivity index is 2.20. The number of rotatable bonds is 6. The number of halogens is 1.